The molecular formula is C13H20ClN3. The second kappa shape index (κ2) is 6.50. The Morgan fingerprint density at radius 1 is 1.41 bits per heavy atom. The van der Waals surface area contributed by atoms with Crippen LogP contribution in [0.25, 0.3) is 0 Å². The van der Waals surface area contributed by atoms with Gasteiger partial charge in [-0.2, -0.15) is 0 Å². The van der Waals surface area contributed by atoms with Gasteiger partial charge < -0.3 is 10.6 Å². The van der Waals surface area contributed by atoms with Gasteiger partial charge in [0.15, 0.2) is 0 Å². The summed E-state index contributed by atoms with van der Waals surface area (Å²) in [6.45, 7) is 6.16. The molecule has 0 aliphatic heterocycles. The van der Waals surface area contributed by atoms with Gasteiger partial charge >= 0.3 is 0 Å². The Morgan fingerprint density at radius 2 is 2.12 bits per heavy atom. The Labute approximate surface area is 108 Å². The first-order chi connectivity index (χ1) is 8.10. The number of anilines is 1. The molecule has 0 radical (unpaired) electrons. The number of halogens is 1. The summed E-state index contributed by atoms with van der Waals surface area (Å²) in [6, 6.07) is 5.55. The van der Waals surface area contributed by atoms with Gasteiger partial charge in [-0.1, -0.05) is 24.9 Å². The predicted octanol–water partition coefficient (Wildman–Crippen LogP) is 3.25. The molecular weight excluding hydrogens is 234 g/mol. The summed E-state index contributed by atoms with van der Waals surface area (Å²) in [7, 11) is 0. The van der Waals surface area contributed by atoms with E-state index >= 15 is 0 Å². The maximum atomic E-state index is 7.61. The van der Waals surface area contributed by atoms with Gasteiger partial charge in [0, 0.05) is 29.4 Å². The number of nitrogens with two attached hydrogens (primary N) is 1. The molecule has 3 nitrogen and oxygen atoms in total. The van der Waals surface area contributed by atoms with E-state index in [0.717, 1.165) is 37.2 Å². The minimum atomic E-state index is 0.0671. The summed E-state index contributed by atoms with van der Waals surface area (Å²) in [5, 5.41) is 8.23. The van der Waals surface area contributed by atoms with Crippen LogP contribution in [0.15, 0.2) is 18.2 Å². The van der Waals surface area contributed by atoms with E-state index in [2.05, 4.69) is 18.7 Å². The Bertz CT molecular complexity index is 390. The molecule has 0 bridgehead atoms. The summed E-state index contributed by atoms with van der Waals surface area (Å²) >= 11 is 5.94. The summed E-state index contributed by atoms with van der Waals surface area (Å²) in [4.78, 5) is 2.23. The van der Waals surface area contributed by atoms with E-state index in [4.69, 9.17) is 22.7 Å². The molecule has 0 spiro atoms. The van der Waals surface area contributed by atoms with Crippen LogP contribution in [-0.4, -0.2) is 18.9 Å². The number of hydrogen-bond acceptors (Lipinski definition) is 2. The van der Waals surface area contributed by atoms with Crippen LogP contribution in [0, 0.1) is 5.41 Å². The van der Waals surface area contributed by atoms with Crippen molar-refractivity contribution in [1.82, 2.24) is 0 Å². The Balaban J connectivity index is 3.05. The molecule has 0 aliphatic rings. The molecule has 0 saturated carbocycles. The highest BCUT2D eigenvalue weighted by Gasteiger charge is 2.11. The molecule has 0 amide bonds. The van der Waals surface area contributed by atoms with E-state index in [9.17, 15) is 0 Å². The van der Waals surface area contributed by atoms with Crippen molar-refractivity contribution < 1.29 is 0 Å². The molecule has 0 atom stereocenters. The van der Waals surface area contributed by atoms with Gasteiger partial charge in [0.1, 0.15) is 5.84 Å². The third-order valence-corrected chi connectivity index (χ3v) is 2.99. The minimum Gasteiger partial charge on any atom is -0.384 e. The lowest BCUT2D eigenvalue weighted by atomic mass is 10.1. The van der Waals surface area contributed by atoms with Crippen LogP contribution in [0.3, 0.4) is 0 Å². The maximum Gasteiger partial charge on any atom is 0.124 e. The van der Waals surface area contributed by atoms with Crippen molar-refractivity contribution in [1.29, 1.82) is 5.41 Å². The first-order valence-electron chi connectivity index (χ1n) is 5.99. The molecule has 1 aromatic rings. The van der Waals surface area contributed by atoms with E-state index < -0.39 is 0 Å². The molecule has 0 aliphatic carbocycles. The lowest BCUT2D eigenvalue weighted by Crippen LogP contribution is -2.27. The second-order valence-corrected chi connectivity index (χ2v) is 4.44. The van der Waals surface area contributed by atoms with Crippen molar-refractivity contribution in [3.05, 3.63) is 28.8 Å². The van der Waals surface area contributed by atoms with Crippen molar-refractivity contribution in [2.24, 2.45) is 5.73 Å². The van der Waals surface area contributed by atoms with Gasteiger partial charge in [-0.15, -0.1) is 0 Å². The number of benzene rings is 1. The van der Waals surface area contributed by atoms with E-state index in [0.29, 0.717) is 5.02 Å². The van der Waals surface area contributed by atoms with Crippen molar-refractivity contribution in [2.45, 2.75) is 26.7 Å². The quantitative estimate of drug-likeness (QED) is 0.604. The third kappa shape index (κ3) is 3.63. The number of rotatable bonds is 6. The number of nitrogens with zero attached hydrogens (tertiary/aromatic N) is 1. The summed E-state index contributed by atoms with van der Waals surface area (Å²) in [5.74, 6) is 0.0671. The number of unbranched alkanes of at least 4 members (excludes halogenated alkanes) is 1. The van der Waals surface area contributed by atoms with Crippen molar-refractivity contribution in [3.63, 3.8) is 0 Å². The second-order valence-electron chi connectivity index (χ2n) is 4.01. The third-order valence-electron chi connectivity index (χ3n) is 2.75. The predicted molar refractivity (Wildman–Crippen MR) is 75.3 cm³/mol. The fourth-order valence-electron chi connectivity index (χ4n) is 1.80. The zero-order valence-corrected chi connectivity index (χ0v) is 11.2. The molecule has 1 rings (SSSR count). The lowest BCUT2D eigenvalue weighted by molar-refractivity contribution is 0.732. The number of hydrogen-bond donors (Lipinski definition) is 2. The van der Waals surface area contributed by atoms with Gasteiger partial charge in [-0.25, -0.2) is 0 Å². The van der Waals surface area contributed by atoms with Gasteiger partial charge in [-0.05, 0) is 31.5 Å². The maximum absolute atomic E-state index is 7.61. The average molecular weight is 254 g/mol. The first-order valence-corrected chi connectivity index (χ1v) is 6.36. The fourth-order valence-corrected chi connectivity index (χ4v) is 1.97. The molecule has 17 heavy (non-hydrogen) atoms. The van der Waals surface area contributed by atoms with Crippen LogP contribution in [0.2, 0.25) is 5.02 Å². The van der Waals surface area contributed by atoms with Gasteiger partial charge in [-0.3, -0.25) is 5.41 Å². The zero-order valence-electron chi connectivity index (χ0n) is 10.5. The monoisotopic (exact) mass is 253 g/mol. The highest BCUT2D eigenvalue weighted by Crippen LogP contribution is 2.24. The van der Waals surface area contributed by atoms with E-state index in [1.807, 2.05) is 12.1 Å². The van der Waals surface area contributed by atoms with Crippen LogP contribution < -0.4 is 10.6 Å². The average Bonchev–Trinajstić information content (AvgIpc) is 2.31. The van der Waals surface area contributed by atoms with E-state index in [-0.39, 0.29) is 5.84 Å². The van der Waals surface area contributed by atoms with Crippen LogP contribution in [0.5, 0.6) is 0 Å². The Morgan fingerprint density at radius 3 is 2.65 bits per heavy atom. The molecule has 0 heterocycles. The normalized spacial score (nSPS) is 10.3. The molecule has 3 N–H and O–H groups in total. The highest BCUT2D eigenvalue weighted by atomic mass is 35.5. The van der Waals surface area contributed by atoms with Gasteiger partial charge in [0.2, 0.25) is 0 Å². The number of amidine groups is 1. The minimum absolute atomic E-state index is 0.0671. The van der Waals surface area contributed by atoms with Crippen LogP contribution in [0.4, 0.5) is 5.69 Å². The first kappa shape index (κ1) is 13.8. The zero-order chi connectivity index (χ0) is 12.8. The molecule has 4 heteroatoms. The summed E-state index contributed by atoms with van der Waals surface area (Å²) < 4.78 is 0. The van der Waals surface area contributed by atoms with E-state index in [1.54, 1.807) is 6.07 Å². The molecule has 1 aromatic carbocycles. The van der Waals surface area contributed by atoms with Crippen LogP contribution in [-0.2, 0) is 0 Å². The van der Waals surface area contributed by atoms with Crippen LogP contribution in [0.1, 0.15) is 32.3 Å². The molecule has 0 unspecified atom stereocenters. The molecule has 0 fully saturated rings. The highest BCUT2D eigenvalue weighted by molar-refractivity contribution is 6.31. The van der Waals surface area contributed by atoms with Gasteiger partial charge in [0.05, 0.1) is 0 Å². The summed E-state index contributed by atoms with van der Waals surface area (Å²) in [5.41, 5.74) is 7.32. The lowest BCUT2D eigenvalue weighted by Gasteiger charge is -2.25. The van der Waals surface area contributed by atoms with Crippen LogP contribution >= 0.6 is 11.6 Å². The number of nitrogens with one attached hydrogen (secondary N) is 1. The van der Waals surface area contributed by atoms with Crippen molar-refractivity contribution in [2.75, 3.05) is 18.0 Å². The molecule has 0 saturated heterocycles. The molecule has 0 aromatic heterocycles. The van der Waals surface area contributed by atoms with Gasteiger partial charge in [0.25, 0.3) is 0 Å². The van der Waals surface area contributed by atoms with E-state index in [1.165, 1.54) is 0 Å². The van der Waals surface area contributed by atoms with Crippen molar-refractivity contribution >= 4 is 23.1 Å². The summed E-state index contributed by atoms with van der Waals surface area (Å²) in [6.07, 6.45) is 2.29. The smallest absolute Gasteiger partial charge is 0.124 e. The number of nitrogen functional groups attached to an aromatic ring is 1. The Kier molecular flexibility index (Phi) is 5.29. The Hall–Kier alpha value is -1.22. The largest absolute Gasteiger partial charge is 0.384 e. The molecule has 94 valence electrons. The standard InChI is InChI=1S/C13H20ClN3/c1-3-5-8-17(4-2)12-7-6-10(14)9-11(12)13(15)16/h6-7,9H,3-5,8H2,1-2H3,(H3,15,16). The topological polar surface area (TPSA) is 53.1 Å². The fraction of sp³-hybridized carbons (Fsp3) is 0.462. The van der Waals surface area contributed by atoms with Crippen molar-refractivity contribution in [3.8, 4) is 0 Å². The SMILES string of the molecule is CCCCN(CC)c1ccc(Cl)cc1C(=N)N.